The van der Waals surface area contributed by atoms with E-state index in [9.17, 15) is 0 Å². The van der Waals surface area contributed by atoms with E-state index in [4.69, 9.17) is 9.15 Å². The van der Waals surface area contributed by atoms with E-state index >= 15 is 0 Å². The van der Waals surface area contributed by atoms with Crippen molar-refractivity contribution in [2.45, 2.75) is 19.1 Å². The summed E-state index contributed by atoms with van der Waals surface area (Å²) in [4.78, 5) is 2.43. The summed E-state index contributed by atoms with van der Waals surface area (Å²) in [5.74, 6) is 1.02. The zero-order valence-corrected chi connectivity index (χ0v) is 14.0. The third-order valence-corrected chi connectivity index (χ3v) is 4.55. The van der Waals surface area contributed by atoms with Crippen LogP contribution in [0.25, 0.3) is 11.0 Å². The molecule has 2 aromatic rings. The molecule has 3 rings (SSSR count). The Kier molecular flexibility index (Phi) is 4.64. The Labute approximate surface area is 133 Å². The van der Waals surface area contributed by atoms with Crippen molar-refractivity contribution in [3.8, 4) is 0 Å². The molecule has 0 radical (unpaired) electrons. The van der Waals surface area contributed by atoms with Crippen molar-refractivity contribution < 1.29 is 9.15 Å². The lowest BCUT2D eigenvalue weighted by Gasteiger charge is -2.36. The minimum Gasteiger partial charge on any atom is -0.459 e. The van der Waals surface area contributed by atoms with Crippen LogP contribution < -0.4 is 5.32 Å². The first-order chi connectivity index (χ1) is 10.2. The van der Waals surface area contributed by atoms with E-state index < -0.39 is 0 Å². The third kappa shape index (κ3) is 3.31. The van der Waals surface area contributed by atoms with Crippen LogP contribution in [0.2, 0.25) is 0 Å². The second kappa shape index (κ2) is 6.48. The van der Waals surface area contributed by atoms with E-state index in [1.54, 1.807) is 0 Å². The second-order valence-corrected chi connectivity index (χ2v) is 6.47. The summed E-state index contributed by atoms with van der Waals surface area (Å²) in [5.41, 5.74) is 0.945. The number of hydrogen-bond donors (Lipinski definition) is 1. The number of ether oxygens (including phenoxy) is 1. The van der Waals surface area contributed by atoms with Crippen LogP contribution in [0, 0.1) is 0 Å². The molecule has 4 nitrogen and oxygen atoms in total. The fraction of sp³-hybridized carbons (Fsp3) is 0.500. The quantitative estimate of drug-likeness (QED) is 0.916. The number of nitrogens with one attached hydrogen (secondary N) is 1. The Hall–Kier alpha value is -0.880. The van der Waals surface area contributed by atoms with E-state index in [0.717, 1.165) is 47.4 Å². The summed E-state index contributed by atoms with van der Waals surface area (Å²) in [5, 5.41) is 4.33. The number of hydrogen-bond acceptors (Lipinski definition) is 4. The standard InChI is InChI=1S/C16H21BrN2O2/c1-11(19-5-6-20-14(10-19)9-18-2)16-8-12-7-13(17)3-4-15(12)21-16/h3-4,7-8,11,14,18H,5-6,9-10H2,1-2H3. The molecule has 1 aliphatic rings. The average Bonchev–Trinajstić information content (AvgIpc) is 2.90. The van der Waals surface area contributed by atoms with E-state index in [1.165, 1.54) is 0 Å². The number of likely N-dealkylation sites (N-methyl/N-ethyl adjacent to an activating group) is 1. The fourth-order valence-corrected chi connectivity index (χ4v) is 3.24. The van der Waals surface area contributed by atoms with Crippen molar-refractivity contribution in [2.24, 2.45) is 0 Å². The van der Waals surface area contributed by atoms with Gasteiger partial charge in [-0.05, 0) is 38.2 Å². The zero-order chi connectivity index (χ0) is 14.8. The maximum atomic E-state index is 6.01. The molecule has 1 saturated heterocycles. The Balaban J connectivity index is 1.77. The highest BCUT2D eigenvalue weighted by atomic mass is 79.9. The van der Waals surface area contributed by atoms with Crippen molar-refractivity contribution in [3.05, 3.63) is 34.5 Å². The van der Waals surface area contributed by atoms with Gasteiger partial charge in [-0.1, -0.05) is 15.9 Å². The van der Waals surface area contributed by atoms with Crippen molar-refractivity contribution in [3.63, 3.8) is 0 Å². The van der Waals surface area contributed by atoms with Gasteiger partial charge in [0.15, 0.2) is 0 Å². The molecule has 2 unspecified atom stereocenters. The molecule has 0 amide bonds. The summed E-state index contributed by atoms with van der Waals surface area (Å²) in [6.07, 6.45) is 0.254. The van der Waals surface area contributed by atoms with Gasteiger partial charge in [-0.3, -0.25) is 4.90 Å². The summed E-state index contributed by atoms with van der Waals surface area (Å²) in [7, 11) is 1.96. The minimum atomic E-state index is 0.254. The van der Waals surface area contributed by atoms with Gasteiger partial charge in [0.05, 0.1) is 18.8 Å². The van der Waals surface area contributed by atoms with Gasteiger partial charge in [-0.15, -0.1) is 0 Å². The first-order valence-corrected chi connectivity index (χ1v) is 8.16. The zero-order valence-electron chi connectivity index (χ0n) is 12.4. The summed E-state index contributed by atoms with van der Waals surface area (Å²) >= 11 is 3.50. The van der Waals surface area contributed by atoms with E-state index in [1.807, 2.05) is 19.2 Å². The Morgan fingerprint density at radius 3 is 3.10 bits per heavy atom. The monoisotopic (exact) mass is 352 g/mol. The molecule has 0 bridgehead atoms. The molecular weight excluding hydrogens is 332 g/mol. The topological polar surface area (TPSA) is 37.6 Å². The number of rotatable bonds is 4. The van der Waals surface area contributed by atoms with Crippen LogP contribution in [0.5, 0.6) is 0 Å². The molecule has 1 aromatic carbocycles. The molecule has 1 aromatic heterocycles. The SMILES string of the molecule is CNCC1CN(C(C)c2cc3cc(Br)ccc3o2)CCO1. The Morgan fingerprint density at radius 2 is 2.29 bits per heavy atom. The lowest BCUT2D eigenvalue weighted by atomic mass is 10.1. The molecule has 1 fully saturated rings. The van der Waals surface area contributed by atoms with Crippen LogP contribution in [-0.4, -0.2) is 44.3 Å². The van der Waals surface area contributed by atoms with Gasteiger partial charge in [0.25, 0.3) is 0 Å². The van der Waals surface area contributed by atoms with Crippen LogP contribution >= 0.6 is 15.9 Å². The van der Waals surface area contributed by atoms with Gasteiger partial charge in [0.2, 0.25) is 0 Å². The first kappa shape index (κ1) is 15.0. The van der Waals surface area contributed by atoms with Crippen LogP contribution in [0.3, 0.4) is 0 Å². The molecule has 1 aliphatic heterocycles. The molecule has 1 N–H and O–H groups in total. The average molecular weight is 353 g/mol. The number of benzene rings is 1. The predicted molar refractivity (Wildman–Crippen MR) is 87.6 cm³/mol. The lowest BCUT2D eigenvalue weighted by Crippen LogP contribution is -2.46. The molecule has 0 aliphatic carbocycles. The highest BCUT2D eigenvalue weighted by Gasteiger charge is 2.26. The summed E-state index contributed by atoms with van der Waals surface area (Å²) < 4.78 is 12.9. The lowest BCUT2D eigenvalue weighted by molar-refractivity contribution is -0.0417. The summed E-state index contributed by atoms with van der Waals surface area (Å²) in [6.45, 7) is 5.75. The van der Waals surface area contributed by atoms with Crippen LogP contribution in [0.4, 0.5) is 0 Å². The van der Waals surface area contributed by atoms with Gasteiger partial charge in [-0.25, -0.2) is 0 Å². The highest BCUT2D eigenvalue weighted by Crippen LogP contribution is 2.30. The van der Waals surface area contributed by atoms with Crippen molar-refractivity contribution in [2.75, 3.05) is 33.3 Å². The van der Waals surface area contributed by atoms with Gasteiger partial charge >= 0.3 is 0 Å². The molecule has 2 atom stereocenters. The van der Waals surface area contributed by atoms with Crippen molar-refractivity contribution in [1.82, 2.24) is 10.2 Å². The number of furan rings is 1. The van der Waals surface area contributed by atoms with Crippen molar-refractivity contribution in [1.29, 1.82) is 0 Å². The molecule has 5 heteroatoms. The Bertz CT molecular complexity index is 611. The maximum Gasteiger partial charge on any atom is 0.134 e. The third-order valence-electron chi connectivity index (χ3n) is 4.06. The predicted octanol–water partition coefficient (Wildman–Crippen LogP) is 3.18. The van der Waals surface area contributed by atoms with Gasteiger partial charge in [-0.2, -0.15) is 0 Å². The number of fused-ring (bicyclic) bond motifs is 1. The first-order valence-electron chi connectivity index (χ1n) is 7.36. The fourth-order valence-electron chi connectivity index (χ4n) is 2.87. The molecule has 0 spiro atoms. The largest absolute Gasteiger partial charge is 0.459 e. The van der Waals surface area contributed by atoms with Crippen molar-refractivity contribution >= 4 is 26.9 Å². The van der Waals surface area contributed by atoms with Gasteiger partial charge in [0, 0.05) is 29.5 Å². The molecule has 0 saturated carbocycles. The van der Waals surface area contributed by atoms with Crippen LogP contribution in [0.1, 0.15) is 18.7 Å². The van der Waals surface area contributed by atoms with E-state index in [-0.39, 0.29) is 12.1 Å². The second-order valence-electron chi connectivity index (χ2n) is 5.55. The number of nitrogens with zero attached hydrogens (tertiary/aromatic N) is 1. The minimum absolute atomic E-state index is 0.254. The molecule has 114 valence electrons. The number of morpholine rings is 1. The maximum absolute atomic E-state index is 6.01. The molecule has 21 heavy (non-hydrogen) atoms. The van der Waals surface area contributed by atoms with Gasteiger partial charge < -0.3 is 14.5 Å². The molecular formula is C16H21BrN2O2. The van der Waals surface area contributed by atoms with Crippen LogP contribution in [-0.2, 0) is 4.74 Å². The molecule has 2 heterocycles. The normalized spacial score (nSPS) is 21.8. The Morgan fingerprint density at radius 1 is 1.43 bits per heavy atom. The van der Waals surface area contributed by atoms with Crippen LogP contribution in [0.15, 0.2) is 33.2 Å². The number of halogens is 1. The smallest absolute Gasteiger partial charge is 0.134 e. The van der Waals surface area contributed by atoms with E-state index in [2.05, 4.69) is 45.2 Å². The summed E-state index contributed by atoms with van der Waals surface area (Å²) in [6, 6.07) is 8.53. The van der Waals surface area contributed by atoms with E-state index in [0.29, 0.717) is 0 Å². The highest BCUT2D eigenvalue weighted by molar-refractivity contribution is 9.10. The van der Waals surface area contributed by atoms with Gasteiger partial charge in [0.1, 0.15) is 11.3 Å².